The molecule has 20 heavy (non-hydrogen) atoms. The number of carbonyl (C=O) groups is 1. The molecular formula is C16H16ClNOS. The maximum Gasteiger partial charge on any atom is 0.221 e. The van der Waals surface area contributed by atoms with Gasteiger partial charge in [-0.05, 0) is 46.5 Å². The summed E-state index contributed by atoms with van der Waals surface area (Å²) in [5.74, 6) is 0.0241. The fraction of sp³-hybridized carbons (Fsp3) is 0.188. The van der Waals surface area contributed by atoms with Gasteiger partial charge in [-0.3, -0.25) is 4.79 Å². The summed E-state index contributed by atoms with van der Waals surface area (Å²) in [6, 6.07) is 9.46. The predicted molar refractivity (Wildman–Crippen MR) is 85.2 cm³/mol. The molecule has 1 N–H and O–H groups in total. The van der Waals surface area contributed by atoms with Crippen molar-refractivity contribution >= 4 is 28.8 Å². The van der Waals surface area contributed by atoms with Crippen LogP contribution in [0.2, 0.25) is 5.02 Å². The first-order chi connectivity index (χ1) is 9.70. The summed E-state index contributed by atoms with van der Waals surface area (Å²) in [6.45, 7) is 3.64. The Morgan fingerprint density at radius 2 is 2.05 bits per heavy atom. The summed E-state index contributed by atoms with van der Waals surface area (Å²) in [6.07, 6.45) is 2.89. The van der Waals surface area contributed by atoms with Crippen molar-refractivity contribution in [2.45, 2.75) is 18.9 Å². The average Bonchev–Trinajstić information content (AvgIpc) is 2.97. The number of carbonyl (C=O) groups excluding carboxylic acids is 1. The van der Waals surface area contributed by atoms with Crippen LogP contribution in [0, 0.1) is 0 Å². The van der Waals surface area contributed by atoms with Gasteiger partial charge >= 0.3 is 0 Å². The van der Waals surface area contributed by atoms with E-state index in [1.807, 2.05) is 41.1 Å². The standard InChI is InChI=1S/C16H16ClNOS/c1-2-3-4-15(19)18-16(13-9-10-20-11-13)12-5-7-14(17)8-6-12/h2,5-11,16H,1,3-4H2,(H,18,19). The van der Waals surface area contributed by atoms with Crippen LogP contribution in [-0.2, 0) is 4.79 Å². The molecule has 2 aromatic rings. The maximum absolute atomic E-state index is 12.0. The largest absolute Gasteiger partial charge is 0.345 e. The van der Waals surface area contributed by atoms with Crippen molar-refractivity contribution in [3.8, 4) is 0 Å². The SMILES string of the molecule is C=CCCC(=O)NC(c1ccc(Cl)cc1)c1ccsc1. The maximum atomic E-state index is 12.0. The Hall–Kier alpha value is -1.58. The third kappa shape index (κ3) is 3.95. The van der Waals surface area contributed by atoms with E-state index in [9.17, 15) is 4.79 Å². The number of hydrogen-bond donors (Lipinski definition) is 1. The zero-order chi connectivity index (χ0) is 14.4. The third-order valence-electron chi connectivity index (χ3n) is 2.96. The van der Waals surface area contributed by atoms with Crippen molar-refractivity contribution < 1.29 is 4.79 Å². The van der Waals surface area contributed by atoms with Gasteiger partial charge in [-0.2, -0.15) is 11.3 Å². The van der Waals surface area contributed by atoms with E-state index in [2.05, 4.69) is 11.9 Å². The number of halogens is 1. The van der Waals surface area contributed by atoms with Crippen LogP contribution in [0.5, 0.6) is 0 Å². The summed E-state index contributed by atoms with van der Waals surface area (Å²) in [5.41, 5.74) is 2.11. The summed E-state index contributed by atoms with van der Waals surface area (Å²) in [7, 11) is 0. The molecule has 0 aliphatic heterocycles. The minimum absolute atomic E-state index is 0.0241. The molecule has 0 aliphatic carbocycles. The van der Waals surface area contributed by atoms with Gasteiger partial charge in [0.25, 0.3) is 0 Å². The highest BCUT2D eigenvalue weighted by atomic mass is 35.5. The molecule has 1 heterocycles. The monoisotopic (exact) mass is 305 g/mol. The Morgan fingerprint density at radius 3 is 2.65 bits per heavy atom. The molecule has 0 spiro atoms. The molecule has 1 aromatic carbocycles. The molecule has 1 unspecified atom stereocenters. The molecule has 2 rings (SSSR count). The first-order valence-electron chi connectivity index (χ1n) is 6.38. The number of thiophene rings is 1. The fourth-order valence-electron chi connectivity index (χ4n) is 1.92. The molecule has 0 saturated heterocycles. The summed E-state index contributed by atoms with van der Waals surface area (Å²) in [4.78, 5) is 12.0. The van der Waals surface area contributed by atoms with Gasteiger partial charge in [0.05, 0.1) is 6.04 Å². The van der Waals surface area contributed by atoms with Crippen molar-refractivity contribution in [3.05, 3.63) is 69.9 Å². The van der Waals surface area contributed by atoms with Crippen LogP contribution >= 0.6 is 22.9 Å². The Balaban J connectivity index is 2.19. The van der Waals surface area contributed by atoms with E-state index >= 15 is 0 Å². The van der Waals surface area contributed by atoms with Gasteiger partial charge in [0.15, 0.2) is 0 Å². The van der Waals surface area contributed by atoms with Crippen LogP contribution in [0.1, 0.15) is 30.0 Å². The van der Waals surface area contributed by atoms with E-state index in [4.69, 9.17) is 11.6 Å². The number of allylic oxidation sites excluding steroid dienone is 1. The van der Waals surface area contributed by atoms with Crippen molar-refractivity contribution in [1.29, 1.82) is 0 Å². The minimum Gasteiger partial charge on any atom is -0.345 e. The van der Waals surface area contributed by atoms with Gasteiger partial charge in [0.2, 0.25) is 5.91 Å². The zero-order valence-corrected chi connectivity index (χ0v) is 12.6. The molecule has 1 atom stereocenters. The Morgan fingerprint density at radius 1 is 1.30 bits per heavy atom. The Bertz CT molecular complexity index is 563. The topological polar surface area (TPSA) is 29.1 Å². The van der Waals surface area contributed by atoms with Gasteiger partial charge < -0.3 is 5.32 Å². The van der Waals surface area contributed by atoms with Gasteiger partial charge in [0, 0.05) is 11.4 Å². The van der Waals surface area contributed by atoms with Crippen LogP contribution in [0.4, 0.5) is 0 Å². The number of amides is 1. The highest BCUT2D eigenvalue weighted by Gasteiger charge is 2.16. The lowest BCUT2D eigenvalue weighted by Gasteiger charge is -2.18. The molecule has 0 radical (unpaired) electrons. The quantitative estimate of drug-likeness (QED) is 0.778. The van der Waals surface area contributed by atoms with Crippen molar-refractivity contribution in [1.82, 2.24) is 5.32 Å². The molecule has 4 heteroatoms. The number of hydrogen-bond acceptors (Lipinski definition) is 2. The average molecular weight is 306 g/mol. The second-order valence-corrected chi connectivity index (χ2v) is 5.65. The smallest absolute Gasteiger partial charge is 0.221 e. The fourth-order valence-corrected chi connectivity index (χ4v) is 2.73. The van der Waals surface area contributed by atoms with Gasteiger partial charge in [-0.25, -0.2) is 0 Å². The van der Waals surface area contributed by atoms with E-state index in [-0.39, 0.29) is 11.9 Å². The van der Waals surface area contributed by atoms with Crippen LogP contribution < -0.4 is 5.32 Å². The molecule has 104 valence electrons. The number of rotatable bonds is 6. The third-order valence-corrected chi connectivity index (χ3v) is 3.91. The summed E-state index contributed by atoms with van der Waals surface area (Å²) < 4.78 is 0. The lowest BCUT2D eigenvalue weighted by atomic mass is 10.0. The predicted octanol–water partition coefficient (Wildman–Crippen LogP) is 4.57. The lowest BCUT2D eigenvalue weighted by molar-refractivity contribution is -0.121. The molecule has 1 amide bonds. The van der Waals surface area contributed by atoms with E-state index in [0.717, 1.165) is 11.1 Å². The first-order valence-corrected chi connectivity index (χ1v) is 7.70. The highest BCUT2D eigenvalue weighted by molar-refractivity contribution is 7.08. The minimum atomic E-state index is -0.129. The summed E-state index contributed by atoms with van der Waals surface area (Å²) in [5, 5.41) is 7.81. The number of nitrogens with one attached hydrogen (secondary N) is 1. The molecule has 1 aromatic heterocycles. The van der Waals surface area contributed by atoms with Crippen molar-refractivity contribution in [2.75, 3.05) is 0 Å². The van der Waals surface area contributed by atoms with Crippen LogP contribution in [0.3, 0.4) is 0 Å². The van der Waals surface area contributed by atoms with Gasteiger partial charge in [-0.15, -0.1) is 6.58 Å². The normalized spacial score (nSPS) is 11.8. The highest BCUT2D eigenvalue weighted by Crippen LogP contribution is 2.25. The molecule has 0 saturated carbocycles. The molecule has 2 nitrogen and oxygen atoms in total. The van der Waals surface area contributed by atoms with Crippen LogP contribution in [0.15, 0.2) is 53.7 Å². The second kappa shape index (κ2) is 7.27. The molecule has 0 aliphatic rings. The molecule has 0 bridgehead atoms. The van der Waals surface area contributed by atoms with E-state index in [1.165, 1.54) is 0 Å². The first kappa shape index (κ1) is 14.8. The van der Waals surface area contributed by atoms with E-state index in [0.29, 0.717) is 17.9 Å². The number of benzene rings is 1. The lowest BCUT2D eigenvalue weighted by Crippen LogP contribution is -2.28. The van der Waals surface area contributed by atoms with Crippen molar-refractivity contribution in [2.24, 2.45) is 0 Å². The van der Waals surface area contributed by atoms with Crippen molar-refractivity contribution in [3.63, 3.8) is 0 Å². The van der Waals surface area contributed by atoms with Crippen LogP contribution in [-0.4, -0.2) is 5.91 Å². The molecule has 0 fully saturated rings. The zero-order valence-electron chi connectivity index (χ0n) is 11.0. The second-order valence-electron chi connectivity index (χ2n) is 4.44. The summed E-state index contributed by atoms with van der Waals surface area (Å²) >= 11 is 7.54. The Kier molecular flexibility index (Phi) is 5.39. The van der Waals surface area contributed by atoms with E-state index in [1.54, 1.807) is 17.4 Å². The van der Waals surface area contributed by atoms with E-state index < -0.39 is 0 Å². The van der Waals surface area contributed by atoms with Crippen LogP contribution in [0.25, 0.3) is 0 Å². The Labute approximate surface area is 128 Å². The van der Waals surface area contributed by atoms with Gasteiger partial charge in [0.1, 0.15) is 0 Å². The van der Waals surface area contributed by atoms with Gasteiger partial charge in [-0.1, -0.05) is 29.8 Å². The molecular weight excluding hydrogens is 290 g/mol.